The number of hydrogen-bond acceptors (Lipinski definition) is 10. The van der Waals surface area contributed by atoms with Crippen molar-refractivity contribution in [2.75, 3.05) is 19.8 Å². The first-order chi connectivity index (χ1) is 30.8. The number of aliphatic hydroxyl groups excluding tert-OH is 4. The first-order valence-electron chi connectivity index (χ1n) is 26.1. The van der Waals surface area contributed by atoms with E-state index in [2.05, 4.69) is 50.3 Å². The van der Waals surface area contributed by atoms with Crippen LogP contribution < -0.4 is 0 Å². The molecule has 1 fully saturated rings. The van der Waals surface area contributed by atoms with Crippen molar-refractivity contribution in [1.29, 1.82) is 0 Å². The molecular weight excluding hydrogens is 797 g/mol. The van der Waals surface area contributed by atoms with Crippen LogP contribution in [0.2, 0.25) is 0 Å². The average Bonchev–Trinajstić information content (AvgIpc) is 3.28. The summed E-state index contributed by atoms with van der Waals surface area (Å²) in [6, 6.07) is 0. The van der Waals surface area contributed by atoms with E-state index in [-0.39, 0.29) is 26.1 Å². The van der Waals surface area contributed by atoms with Gasteiger partial charge in [0.25, 0.3) is 0 Å². The van der Waals surface area contributed by atoms with Crippen molar-refractivity contribution in [3.63, 3.8) is 0 Å². The summed E-state index contributed by atoms with van der Waals surface area (Å²) in [6.45, 7) is 3.40. The number of esters is 2. The predicted molar refractivity (Wildman–Crippen MR) is 256 cm³/mol. The number of carbonyl (C=O) groups is 2. The van der Waals surface area contributed by atoms with Gasteiger partial charge in [0.2, 0.25) is 0 Å². The predicted octanol–water partition coefficient (Wildman–Crippen LogP) is 12.2. The van der Waals surface area contributed by atoms with E-state index in [9.17, 15) is 30.0 Å². The molecule has 368 valence electrons. The Balaban J connectivity index is 2.27. The third-order valence-electron chi connectivity index (χ3n) is 12.0. The molecule has 63 heavy (non-hydrogen) atoms. The lowest BCUT2D eigenvalue weighted by atomic mass is 9.99. The normalized spacial score (nSPS) is 19.7. The molecular formula is C53H96O10. The molecule has 0 radical (unpaired) electrons. The summed E-state index contributed by atoms with van der Waals surface area (Å²) in [5.41, 5.74) is 0. The van der Waals surface area contributed by atoms with Crippen LogP contribution in [0.25, 0.3) is 0 Å². The molecule has 10 nitrogen and oxygen atoms in total. The van der Waals surface area contributed by atoms with Crippen molar-refractivity contribution in [2.45, 2.75) is 269 Å². The highest BCUT2D eigenvalue weighted by Crippen LogP contribution is 2.23. The van der Waals surface area contributed by atoms with Crippen LogP contribution in [0.5, 0.6) is 0 Å². The maximum atomic E-state index is 12.8. The fourth-order valence-corrected chi connectivity index (χ4v) is 7.85. The first-order valence-corrected chi connectivity index (χ1v) is 26.1. The van der Waals surface area contributed by atoms with E-state index in [1.165, 1.54) is 128 Å². The maximum absolute atomic E-state index is 12.8. The van der Waals surface area contributed by atoms with Gasteiger partial charge < -0.3 is 39.4 Å². The smallest absolute Gasteiger partial charge is 0.306 e. The number of ether oxygens (including phenoxy) is 4. The number of hydrogen-bond donors (Lipinski definition) is 4. The van der Waals surface area contributed by atoms with Gasteiger partial charge in [-0.3, -0.25) is 9.59 Å². The zero-order valence-corrected chi connectivity index (χ0v) is 40.3. The van der Waals surface area contributed by atoms with E-state index in [1.807, 2.05) is 0 Å². The first kappa shape index (κ1) is 58.9. The van der Waals surface area contributed by atoms with E-state index in [1.54, 1.807) is 0 Å². The molecule has 0 aromatic heterocycles. The summed E-state index contributed by atoms with van der Waals surface area (Å²) in [7, 11) is 0. The molecule has 1 rings (SSSR count). The Bertz CT molecular complexity index is 1120. The molecule has 0 saturated carbocycles. The minimum atomic E-state index is -1.60. The Morgan fingerprint density at radius 1 is 0.476 bits per heavy atom. The summed E-state index contributed by atoms with van der Waals surface area (Å²) in [6.07, 6.45) is 44.5. The van der Waals surface area contributed by atoms with Gasteiger partial charge in [-0.1, -0.05) is 185 Å². The number of unbranched alkanes of at least 4 members (excludes halogenated alkanes) is 27. The second-order valence-electron chi connectivity index (χ2n) is 18.0. The molecule has 10 heteroatoms. The molecule has 1 aliphatic rings. The van der Waals surface area contributed by atoms with Crippen LogP contribution in [0.1, 0.15) is 232 Å². The molecule has 4 N–H and O–H groups in total. The van der Waals surface area contributed by atoms with Crippen LogP contribution in [0.4, 0.5) is 0 Å². The number of allylic oxidation sites excluding steroid dienone is 6. The fourth-order valence-electron chi connectivity index (χ4n) is 7.85. The molecule has 0 spiro atoms. The largest absolute Gasteiger partial charge is 0.462 e. The highest BCUT2D eigenvalue weighted by molar-refractivity contribution is 5.70. The van der Waals surface area contributed by atoms with E-state index < -0.39 is 55.4 Å². The molecule has 0 amide bonds. The van der Waals surface area contributed by atoms with Gasteiger partial charge in [0.15, 0.2) is 12.4 Å². The third kappa shape index (κ3) is 34.9. The van der Waals surface area contributed by atoms with E-state index in [0.29, 0.717) is 12.8 Å². The van der Waals surface area contributed by atoms with Crippen LogP contribution in [0, 0.1) is 0 Å². The van der Waals surface area contributed by atoms with Gasteiger partial charge in [0, 0.05) is 12.8 Å². The number of carbonyl (C=O) groups excluding carboxylic acids is 2. The summed E-state index contributed by atoms with van der Waals surface area (Å²) in [5, 5.41) is 40.2. The molecule has 2 unspecified atom stereocenters. The van der Waals surface area contributed by atoms with Crippen LogP contribution in [-0.4, -0.2) is 89.0 Å². The summed E-state index contributed by atoms with van der Waals surface area (Å²) < 4.78 is 22.2. The van der Waals surface area contributed by atoms with Gasteiger partial charge in [-0.05, 0) is 70.6 Å². The molecule has 0 aromatic carbocycles. The average molecular weight is 893 g/mol. The van der Waals surface area contributed by atoms with Gasteiger partial charge in [-0.15, -0.1) is 0 Å². The zero-order chi connectivity index (χ0) is 45.9. The molecule has 0 aromatic rings. The van der Waals surface area contributed by atoms with Crippen molar-refractivity contribution in [1.82, 2.24) is 0 Å². The van der Waals surface area contributed by atoms with Crippen molar-refractivity contribution >= 4 is 11.9 Å². The van der Waals surface area contributed by atoms with E-state index in [0.717, 1.165) is 64.2 Å². The van der Waals surface area contributed by atoms with Crippen LogP contribution in [0.15, 0.2) is 36.5 Å². The Morgan fingerprint density at radius 2 is 0.873 bits per heavy atom. The quantitative estimate of drug-likeness (QED) is 0.0264. The van der Waals surface area contributed by atoms with E-state index >= 15 is 0 Å². The lowest BCUT2D eigenvalue weighted by molar-refractivity contribution is -0.305. The minimum absolute atomic E-state index is 0.213. The molecule has 0 bridgehead atoms. The van der Waals surface area contributed by atoms with Gasteiger partial charge in [0.05, 0.1) is 13.2 Å². The second-order valence-corrected chi connectivity index (χ2v) is 18.0. The van der Waals surface area contributed by atoms with Gasteiger partial charge in [-0.2, -0.15) is 0 Å². The van der Waals surface area contributed by atoms with E-state index in [4.69, 9.17) is 18.9 Å². The third-order valence-corrected chi connectivity index (χ3v) is 12.0. The van der Waals surface area contributed by atoms with Crippen LogP contribution in [-0.2, 0) is 28.5 Å². The SMILES string of the molecule is CCCCCCCC/C=C/CCCCCCCC(=O)O[C@@H](COC(=O)CCC/C=C/CC/C=C/CCCCCCCCCCCCCCCC)CO[C@H]1O[C@@H](CO)[C@@H](O)C(O)C1O. The highest BCUT2D eigenvalue weighted by atomic mass is 16.7. The number of rotatable bonds is 44. The highest BCUT2D eigenvalue weighted by Gasteiger charge is 2.44. The van der Waals surface area contributed by atoms with Crippen molar-refractivity contribution in [3.05, 3.63) is 36.5 Å². The fraction of sp³-hybridized carbons (Fsp3) is 0.849. The molecule has 6 atom stereocenters. The Hall–Kier alpha value is -2.08. The van der Waals surface area contributed by atoms with Crippen LogP contribution >= 0.6 is 0 Å². The maximum Gasteiger partial charge on any atom is 0.306 e. The van der Waals surface area contributed by atoms with Crippen molar-refractivity contribution in [2.24, 2.45) is 0 Å². The molecule has 0 aliphatic carbocycles. The minimum Gasteiger partial charge on any atom is -0.462 e. The van der Waals surface area contributed by atoms with Gasteiger partial charge in [0.1, 0.15) is 31.0 Å². The van der Waals surface area contributed by atoms with Gasteiger partial charge >= 0.3 is 11.9 Å². The molecule has 1 heterocycles. The van der Waals surface area contributed by atoms with Crippen molar-refractivity contribution in [3.8, 4) is 0 Å². The van der Waals surface area contributed by atoms with Gasteiger partial charge in [-0.25, -0.2) is 0 Å². The zero-order valence-electron chi connectivity index (χ0n) is 40.3. The Labute approximate surface area is 385 Å². The second kappa shape index (κ2) is 43.8. The van der Waals surface area contributed by atoms with Crippen LogP contribution in [0.3, 0.4) is 0 Å². The summed E-state index contributed by atoms with van der Waals surface area (Å²) >= 11 is 0. The monoisotopic (exact) mass is 893 g/mol. The van der Waals surface area contributed by atoms with Crippen molar-refractivity contribution < 1.29 is 49.0 Å². The standard InChI is InChI=1S/C53H96O10/c1-3-5-7-9-11-13-15-17-19-20-21-22-23-24-25-26-28-29-31-33-35-37-39-41-48(55)60-44-46(45-61-53-52(59)51(58)50(57)47(43-54)63-53)62-49(56)42-40-38-36-34-32-30-27-18-16-14-12-10-8-6-4-2/h18,26-28,33,35,46-47,50-54,57-59H,3-17,19-25,29-32,34,36-45H2,1-2H3/b27-18+,28-26+,35-33+/t46-,47-,50+,51?,52?,53-/m0/s1. The summed E-state index contributed by atoms with van der Waals surface area (Å²) in [5.74, 6) is -0.859. The topological polar surface area (TPSA) is 152 Å². The lowest BCUT2D eigenvalue weighted by Crippen LogP contribution is -2.59. The lowest BCUT2D eigenvalue weighted by Gasteiger charge is -2.39. The molecule has 1 saturated heterocycles. The Kier molecular flexibility index (Phi) is 41.0. The summed E-state index contributed by atoms with van der Waals surface area (Å²) in [4.78, 5) is 25.4. The molecule has 1 aliphatic heterocycles. The Morgan fingerprint density at radius 3 is 1.33 bits per heavy atom. The number of aliphatic hydroxyl groups is 4.